The average Bonchev–Trinajstić information content (AvgIpc) is 2.56. The number of halogens is 1. The highest BCUT2D eigenvalue weighted by Gasteiger charge is 2.21. The molecule has 1 saturated heterocycles. The van der Waals surface area contributed by atoms with Crippen LogP contribution in [0.25, 0.3) is 0 Å². The Morgan fingerprint density at radius 2 is 1.89 bits per heavy atom. The van der Waals surface area contributed by atoms with E-state index in [4.69, 9.17) is 0 Å². The van der Waals surface area contributed by atoms with Gasteiger partial charge in [-0.15, -0.1) is 0 Å². The molecule has 4 heteroatoms. The van der Waals surface area contributed by atoms with E-state index in [1.807, 2.05) is 19.2 Å². The van der Waals surface area contributed by atoms with Gasteiger partial charge in [0.2, 0.25) is 5.91 Å². The van der Waals surface area contributed by atoms with Crippen LogP contribution in [0.5, 0.6) is 0 Å². The van der Waals surface area contributed by atoms with E-state index in [-0.39, 0.29) is 11.7 Å². The first-order valence-corrected chi connectivity index (χ1v) is 6.78. The number of hydrogen-bond donors (Lipinski definition) is 0. The lowest BCUT2D eigenvalue weighted by molar-refractivity contribution is -0.129. The summed E-state index contributed by atoms with van der Waals surface area (Å²) in [7, 11) is 1.86. The molecule has 0 bridgehead atoms. The highest BCUT2D eigenvalue weighted by atomic mass is 19.1. The van der Waals surface area contributed by atoms with E-state index in [1.54, 1.807) is 4.90 Å². The molecule has 0 aliphatic carbocycles. The first kappa shape index (κ1) is 14.0. The third-order valence-electron chi connectivity index (χ3n) is 3.83. The van der Waals surface area contributed by atoms with Gasteiger partial charge in [0, 0.05) is 39.1 Å². The molecule has 1 heterocycles. The molecule has 2 rings (SSSR count). The Kier molecular flexibility index (Phi) is 4.53. The molecule has 1 aliphatic heterocycles. The Balaban J connectivity index is 1.94. The molecule has 0 unspecified atom stereocenters. The van der Waals surface area contributed by atoms with E-state index in [0.717, 1.165) is 31.6 Å². The Morgan fingerprint density at radius 1 is 1.21 bits per heavy atom. The number of benzene rings is 1. The van der Waals surface area contributed by atoms with Gasteiger partial charge in [-0.05, 0) is 31.0 Å². The van der Waals surface area contributed by atoms with Crippen LogP contribution in [-0.2, 0) is 11.2 Å². The largest absolute Gasteiger partial charge is 0.344 e. The molecule has 1 aliphatic rings. The van der Waals surface area contributed by atoms with E-state index in [2.05, 4.69) is 11.8 Å². The van der Waals surface area contributed by atoms with Crippen LogP contribution in [0.4, 0.5) is 4.39 Å². The van der Waals surface area contributed by atoms with Gasteiger partial charge in [0.15, 0.2) is 0 Å². The summed E-state index contributed by atoms with van der Waals surface area (Å²) in [5, 5.41) is 0. The monoisotopic (exact) mass is 264 g/mol. The number of rotatable bonds is 3. The van der Waals surface area contributed by atoms with Gasteiger partial charge in [-0.2, -0.15) is 0 Å². The molecule has 1 aromatic carbocycles. The molecular formula is C15H21FN2O. The fraction of sp³-hybridized carbons (Fsp3) is 0.533. The molecule has 1 atom stereocenters. The van der Waals surface area contributed by atoms with Gasteiger partial charge < -0.3 is 4.90 Å². The number of hydrogen-bond acceptors (Lipinski definition) is 2. The lowest BCUT2D eigenvalue weighted by atomic mass is 10.1. The molecule has 1 amide bonds. The van der Waals surface area contributed by atoms with Gasteiger partial charge in [-0.3, -0.25) is 9.69 Å². The van der Waals surface area contributed by atoms with Gasteiger partial charge in [-0.1, -0.05) is 12.1 Å². The summed E-state index contributed by atoms with van der Waals surface area (Å²) in [5.74, 6) is 0.0230. The highest BCUT2D eigenvalue weighted by Crippen LogP contribution is 2.12. The zero-order chi connectivity index (χ0) is 13.8. The van der Waals surface area contributed by atoms with Gasteiger partial charge in [0.1, 0.15) is 5.82 Å². The third kappa shape index (κ3) is 3.77. The number of carbonyl (C=O) groups is 1. The van der Waals surface area contributed by atoms with Crippen molar-refractivity contribution in [2.75, 3.05) is 26.7 Å². The maximum Gasteiger partial charge on any atom is 0.223 e. The third-order valence-corrected chi connectivity index (χ3v) is 3.83. The van der Waals surface area contributed by atoms with E-state index in [0.29, 0.717) is 12.5 Å². The van der Waals surface area contributed by atoms with Crippen LogP contribution in [0.15, 0.2) is 24.3 Å². The SMILES string of the molecule is C[C@@H](Cc1ccc(F)cc1)N1CCC(=O)N(C)CC1. The topological polar surface area (TPSA) is 23.6 Å². The van der Waals surface area contributed by atoms with Crippen LogP contribution in [0.3, 0.4) is 0 Å². The number of nitrogens with zero attached hydrogens (tertiary/aromatic N) is 2. The molecule has 19 heavy (non-hydrogen) atoms. The summed E-state index contributed by atoms with van der Waals surface area (Å²) in [6.07, 6.45) is 1.47. The minimum Gasteiger partial charge on any atom is -0.344 e. The summed E-state index contributed by atoms with van der Waals surface area (Å²) < 4.78 is 12.9. The minimum atomic E-state index is -0.196. The molecule has 3 nitrogen and oxygen atoms in total. The molecule has 1 fully saturated rings. The Bertz CT molecular complexity index is 432. The van der Waals surface area contributed by atoms with Crippen molar-refractivity contribution in [2.45, 2.75) is 25.8 Å². The maximum atomic E-state index is 12.9. The molecule has 0 aromatic heterocycles. The van der Waals surface area contributed by atoms with Crippen molar-refractivity contribution >= 4 is 5.91 Å². The molecule has 0 N–H and O–H groups in total. The van der Waals surface area contributed by atoms with Crippen LogP contribution in [-0.4, -0.2) is 48.4 Å². The summed E-state index contributed by atoms with van der Waals surface area (Å²) >= 11 is 0. The van der Waals surface area contributed by atoms with Crippen LogP contribution < -0.4 is 0 Å². The number of amides is 1. The lowest BCUT2D eigenvalue weighted by Crippen LogP contribution is -2.37. The smallest absolute Gasteiger partial charge is 0.223 e. The molecule has 1 aromatic rings. The predicted molar refractivity (Wildman–Crippen MR) is 73.4 cm³/mol. The fourth-order valence-electron chi connectivity index (χ4n) is 2.48. The molecule has 0 spiro atoms. The molecule has 0 saturated carbocycles. The quantitative estimate of drug-likeness (QED) is 0.832. The first-order valence-electron chi connectivity index (χ1n) is 6.78. The van der Waals surface area contributed by atoms with Gasteiger partial charge >= 0.3 is 0 Å². The Morgan fingerprint density at radius 3 is 2.58 bits per heavy atom. The normalized spacial score (nSPS) is 19.3. The highest BCUT2D eigenvalue weighted by molar-refractivity contribution is 5.76. The van der Waals surface area contributed by atoms with E-state index in [9.17, 15) is 9.18 Å². The van der Waals surface area contributed by atoms with Crippen molar-refractivity contribution in [1.29, 1.82) is 0 Å². The fourth-order valence-corrected chi connectivity index (χ4v) is 2.48. The zero-order valence-electron chi connectivity index (χ0n) is 11.6. The van der Waals surface area contributed by atoms with Gasteiger partial charge in [0.25, 0.3) is 0 Å². The average molecular weight is 264 g/mol. The summed E-state index contributed by atoms with van der Waals surface area (Å²) in [5.41, 5.74) is 1.14. The second-order valence-corrected chi connectivity index (χ2v) is 5.28. The summed E-state index contributed by atoms with van der Waals surface area (Å²) in [6.45, 7) is 4.67. The standard InChI is InChI=1S/C15H21FN2O/c1-12(11-13-3-5-14(16)6-4-13)18-8-7-15(19)17(2)9-10-18/h3-6,12H,7-11H2,1-2H3/t12-/m0/s1. The van der Waals surface area contributed by atoms with Crippen LogP contribution >= 0.6 is 0 Å². The molecular weight excluding hydrogens is 243 g/mol. The van der Waals surface area contributed by atoms with Crippen LogP contribution in [0.1, 0.15) is 18.9 Å². The molecule has 104 valence electrons. The summed E-state index contributed by atoms with van der Waals surface area (Å²) in [4.78, 5) is 15.8. The second-order valence-electron chi connectivity index (χ2n) is 5.28. The van der Waals surface area contributed by atoms with Gasteiger partial charge in [0.05, 0.1) is 0 Å². The predicted octanol–water partition coefficient (Wildman–Crippen LogP) is 1.92. The first-order chi connectivity index (χ1) is 9.06. The Hall–Kier alpha value is -1.42. The van der Waals surface area contributed by atoms with Crippen molar-refractivity contribution in [3.63, 3.8) is 0 Å². The van der Waals surface area contributed by atoms with Crippen LogP contribution in [0.2, 0.25) is 0 Å². The van der Waals surface area contributed by atoms with E-state index in [1.165, 1.54) is 12.1 Å². The van der Waals surface area contributed by atoms with Crippen LogP contribution in [0, 0.1) is 5.82 Å². The second kappa shape index (κ2) is 6.15. The summed E-state index contributed by atoms with van der Waals surface area (Å²) in [6, 6.07) is 7.04. The maximum absolute atomic E-state index is 12.9. The van der Waals surface area contributed by atoms with Crippen molar-refractivity contribution in [3.8, 4) is 0 Å². The molecule has 0 radical (unpaired) electrons. The van der Waals surface area contributed by atoms with Crippen molar-refractivity contribution in [2.24, 2.45) is 0 Å². The number of carbonyl (C=O) groups excluding carboxylic acids is 1. The van der Waals surface area contributed by atoms with E-state index < -0.39 is 0 Å². The minimum absolute atomic E-state index is 0.196. The van der Waals surface area contributed by atoms with Gasteiger partial charge in [-0.25, -0.2) is 4.39 Å². The zero-order valence-corrected chi connectivity index (χ0v) is 11.6. The van der Waals surface area contributed by atoms with Crippen molar-refractivity contribution < 1.29 is 9.18 Å². The number of likely N-dealkylation sites (N-methyl/N-ethyl adjacent to an activating group) is 1. The lowest BCUT2D eigenvalue weighted by Gasteiger charge is -2.27. The van der Waals surface area contributed by atoms with E-state index >= 15 is 0 Å². The van der Waals surface area contributed by atoms with Crippen molar-refractivity contribution in [3.05, 3.63) is 35.6 Å². The Labute approximate surface area is 114 Å². The van der Waals surface area contributed by atoms with Crippen molar-refractivity contribution in [1.82, 2.24) is 9.80 Å².